The number of rotatable bonds is 5. The Morgan fingerprint density at radius 3 is 2.83 bits per heavy atom. The minimum Gasteiger partial charge on any atom is -0.480 e. The number of carboxylic acid groups (broad SMARTS) is 1. The van der Waals surface area contributed by atoms with Gasteiger partial charge in [-0.2, -0.15) is 0 Å². The number of aliphatic carboxylic acids is 1. The minimum atomic E-state index is -0.667. The summed E-state index contributed by atoms with van der Waals surface area (Å²) >= 11 is 1.79. The second-order valence-corrected chi connectivity index (χ2v) is 5.72. The highest BCUT2D eigenvalue weighted by atomic mass is 32.2. The molecule has 1 aromatic rings. The largest absolute Gasteiger partial charge is 0.480 e. The number of nitrogens with zero attached hydrogens (tertiary/aromatic N) is 1. The summed E-state index contributed by atoms with van der Waals surface area (Å²) in [5.41, 5.74) is 0. The molecule has 1 saturated heterocycles. The van der Waals surface area contributed by atoms with Gasteiger partial charge in [0, 0.05) is 17.2 Å². The molecule has 0 amide bonds. The van der Waals surface area contributed by atoms with Gasteiger partial charge in [0.1, 0.15) is 6.04 Å². The fourth-order valence-electron chi connectivity index (χ4n) is 2.34. The predicted molar refractivity (Wildman–Crippen MR) is 74.0 cm³/mol. The molecule has 1 aromatic carbocycles. The Hall–Kier alpha value is -1.00. The minimum absolute atomic E-state index is 0.268. The molecule has 1 aliphatic rings. The maximum Gasteiger partial charge on any atom is 0.320 e. The smallest absolute Gasteiger partial charge is 0.320 e. The van der Waals surface area contributed by atoms with Crippen LogP contribution in [0, 0.1) is 0 Å². The Morgan fingerprint density at radius 1 is 1.33 bits per heavy atom. The highest BCUT2D eigenvalue weighted by Crippen LogP contribution is 2.20. The van der Waals surface area contributed by atoms with Crippen molar-refractivity contribution in [2.45, 2.75) is 30.2 Å². The van der Waals surface area contributed by atoms with Crippen LogP contribution in [0.15, 0.2) is 35.2 Å². The number of carbonyl (C=O) groups is 1. The van der Waals surface area contributed by atoms with Gasteiger partial charge in [0.2, 0.25) is 0 Å². The van der Waals surface area contributed by atoms with Crippen LogP contribution < -0.4 is 0 Å². The van der Waals surface area contributed by atoms with E-state index in [9.17, 15) is 9.90 Å². The molecule has 1 N–H and O–H groups in total. The number of hydrogen-bond acceptors (Lipinski definition) is 3. The molecule has 1 fully saturated rings. The van der Waals surface area contributed by atoms with E-state index in [1.807, 2.05) is 18.2 Å². The Bertz CT molecular complexity index is 383. The topological polar surface area (TPSA) is 40.5 Å². The van der Waals surface area contributed by atoms with Crippen molar-refractivity contribution in [2.24, 2.45) is 0 Å². The first-order chi connectivity index (χ1) is 8.77. The van der Waals surface area contributed by atoms with Crippen molar-refractivity contribution < 1.29 is 9.90 Å². The predicted octanol–water partition coefficient (Wildman–Crippen LogP) is 2.72. The van der Waals surface area contributed by atoms with Crippen molar-refractivity contribution in [3.8, 4) is 0 Å². The van der Waals surface area contributed by atoms with Crippen LogP contribution in [-0.2, 0) is 4.79 Å². The van der Waals surface area contributed by atoms with Crippen molar-refractivity contribution >= 4 is 17.7 Å². The van der Waals surface area contributed by atoms with Crippen LogP contribution in [0.5, 0.6) is 0 Å². The van der Waals surface area contributed by atoms with Gasteiger partial charge in [-0.05, 0) is 31.5 Å². The fraction of sp³-hybridized carbons (Fsp3) is 0.500. The first kappa shape index (κ1) is 13.4. The zero-order valence-corrected chi connectivity index (χ0v) is 11.2. The number of likely N-dealkylation sites (tertiary alicyclic amines) is 1. The maximum atomic E-state index is 11.1. The van der Waals surface area contributed by atoms with Gasteiger partial charge in [-0.1, -0.05) is 24.6 Å². The average Bonchev–Trinajstić information content (AvgIpc) is 2.40. The van der Waals surface area contributed by atoms with Crippen molar-refractivity contribution in [3.05, 3.63) is 30.3 Å². The lowest BCUT2D eigenvalue weighted by Gasteiger charge is -2.32. The summed E-state index contributed by atoms with van der Waals surface area (Å²) in [6.45, 7) is 1.78. The molecule has 1 aliphatic heterocycles. The molecular formula is C14H19NO2S. The summed E-state index contributed by atoms with van der Waals surface area (Å²) in [4.78, 5) is 14.5. The molecule has 0 aromatic heterocycles. The van der Waals surface area contributed by atoms with Crippen molar-refractivity contribution in [1.82, 2.24) is 4.90 Å². The lowest BCUT2D eigenvalue weighted by Crippen LogP contribution is -2.45. The SMILES string of the molecule is O=C(O)C1CCCCN1CCSc1ccccc1. The van der Waals surface area contributed by atoms with Gasteiger partial charge in [-0.3, -0.25) is 9.69 Å². The third-order valence-corrected chi connectivity index (χ3v) is 4.28. The van der Waals surface area contributed by atoms with Gasteiger partial charge in [0.05, 0.1) is 0 Å². The van der Waals surface area contributed by atoms with Crippen LogP contribution in [0.2, 0.25) is 0 Å². The van der Waals surface area contributed by atoms with Crippen molar-refractivity contribution in [1.29, 1.82) is 0 Å². The van der Waals surface area contributed by atoms with Gasteiger partial charge < -0.3 is 5.11 Å². The fourth-order valence-corrected chi connectivity index (χ4v) is 3.25. The van der Waals surface area contributed by atoms with Crippen LogP contribution >= 0.6 is 11.8 Å². The summed E-state index contributed by atoms with van der Waals surface area (Å²) in [6.07, 6.45) is 2.96. The molecule has 1 unspecified atom stereocenters. The van der Waals surface area contributed by atoms with E-state index in [0.717, 1.165) is 38.1 Å². The lowest BCUT2D eigenvalue weighted by molar-refractivity contribution is -0.144. The molecule has 18 heavy (non-hydrogen) atoms. The standard InChI is InChI=1S/C14H19NO2S/c16-14(17)13-8-4-5-9-15(13)10-11-18-12-6-2-1-3-7-12/h1-3,6-7,13H,4-5,8-11H2,(H,16,17). The van der Waals surface area contributed by atoms with Crippen molar-refractivity contribution in [3.63, 3.8) is 0 Å². The summed E-state index contributed by atoms with van der Waals surface area (Å²) in [5.74, 6) is 0.285. The second-order valence-electron chi connectivity index (χ2n) is 4.55. The molecular weight excluding hydrogens is 246 g/mol. The van der Waals surface area contributed by atoms with E-state index >= 15 is 0 Å². The monoisotopic (exact) mass is 265 g/mol. The van der Waals surface area contributed by atoms with Gasteiger partial charge in [0.15, 0.2) is 0 Å². The van der Waals surface area contributed by atoms with Crippen molar-refractivity contribution in [2.75, 3.05) is 18.8 Å². The zero-order chi connectivity index (χ0) is 12.8. The number of thioether (sulfide) groups is 1. The Labute approximate surface area is 112 Å². The van der Waals surface area contributed by atoms with Gasteiger partial charge in [-0.25, -0.2) is 0 Å². The molecule has 3 nitrogen and oxygen atoms in total. The third kappa shape index (κ3) is 3.75. The van der Waals surface area contributed by atoms with Crippen LogP contribution in [0.1, 0.15) is 19.3 Å². The molecule has 0 spiro atoms. The highest BCUT2D eigenvalue weighted by molar-refractivity contribution is 7.99. The van der Waals surface area contributed by atoms with Crippen LogP contribution in [0.25, 0.3) is 0 Å². The summed E-state index contributed by atoms with van der Waals surface area (Å²) in [5, 5.41) is 9.18. The molecule has 2 rings (SSSR count). The van der Waals surface area contributed by atoms with Gasteiger partial charge in [0.25, 0.3) is 0 Å². The Morgan fingerprint density at radius 2 is 2.11 bits per heavy atom. The molecule has 0 saturated carbocycles. The van der Waals surface area contributed by atoms with Crippen LogP contribution in [0.4, 0.5) is 0 Å². The average molecular weight is 265 g/mol. The van der Waals surface area contributed by atoms with E-state index in [2.05, 4.69) is 17.0 Å². The van der Waals surface area contributed by atoms with Gasteiger partial charge >= 0.3 is 5.97 Å². The van der Waals surface area contributed by atoms with Crippen LogP contribution in [0.3, 0.4) is 0 Å². The highest BCUT2D eigenvalue weighted by Gasteiger charge is 2.27. The first-order valence-corrected chi connectivity index (χ1v) is 7.40. The molecule has 98 valence electrons. The van der Waals surface area contributed by atoms with E-state index in [0.29, 0.717) is 0 Å². The number of hydrogen-bond donors (Lipinski definition) is 1. The molecule has 1 atom stereocenters. The number of benzene rings is 1. The molecule has 0 radical (unpaired) electrons. The van der Waals surface area contributed by atoms with E-state index < -0.39 is 5.97 Å². The second kappa shape index (κ2) is 6.81. The quantitative estimate of drug-likeness (QED) is 0.831. The summed E-state index contributed by atoms with van der Waals surface area (Å²) in [7, 11) is 0. The maximum absolute atomic E-state index is 11.1. The van der Waals surface area contributed by atoms with E-state index in [1.165, 1.54) is 4.90 Å². The molecule has 1 heterocycles. The number of carboxylic acids is 1. The normalized spacial score (nSPS) is 20.8. The summed E-state index contributed by atoms with van der Waals surface area (Å²) in [6, 6.07) is 9.99. The molecule has 0 bridgehead atoms. The Balaban J connectivity index is 1.79. The first-order valence-electron chi connectivity index (χ1n) is 6.42. The van der Waals surface area contributed by atoms with E-state index in [1.54, 1.807) is 11.8 Å². The summed E-state index contributed by atoms with van der Waals surface area (Å²) < 4.78 is 0. The van der Waals surface area contributed by atoms with E-state index in [-0.39, 0.29) is 6.04 Å². The third-order valence-electron chi connectivity index (χ3n) is 3.29. The lowest BCUT2D eigenvalue weighted by atomic mass is 10.0. The van der Waals surface area contributed by atoms with Gasteiger partial charge in [-0.15, -0.1) is 11.8 Å². The number of piperidine rings is 1. The Kier molecular flexibility index (Phi) is 5.08. The molecule has 4 heteroatoms. The zero-order valence-electron chi connectivity index (χ0n) is 10.4. The van der Waals surface area contributed by atoms with Crippen LogP contribution in [-0.4, -0.2) is 40.9 Å². The molecule has 0 aliphatic carbocycles. The van der Waals surface area contributed by atoms with E-state index in [4.69, 9.17) is 0 Å².